The van der Waals surface area contributed by atoms with Crippen molar-refractivity contribution < 1.29 is 0 Å². The van der Waals surface area contributed by atoms with E-state index in [4.69, 9.17) is 0 Å². The lowest BCUT2D eigenvalue weighted by Gasteiger charge is -2.17. The van der Waals surface area contributed by atoms with Crippen LogP contribution in [-0.2, 0) is 0 Å². The van der Waals surface area contributed by atoms with E-state index in [0.29, 0.717) is 16.4 Å². The Morgan fingerprint density at radius 1 is 1.57 bits per heavy atom. The Balaban J connectivity index is 2.64. The SMILES string of the molecule is CNC(C)C(C)Sc1nccc(=O)[nH]1. The molecule has 78 valence electrons. The van der Waals surface area contributed by atoms with Crippen molar-refractivity contribution in [3.05, 3.63) is 22.6 Å². The number of nitrogens with zero attached hydrogens (tertiary/aromatic N) is 1. The highest BCUT2D eigenvalue weighted by Gasteiger charge is 2.12. The van der Waals surface area contributed by atoms with Gasteiger partial charge in [-0.05, 0) is 14.0 Å². The summed E-state index contributed by atoms with van der Waals surface area (Å²) in [5.41, 5.74) is -0.105. The molecule has 0 aliphatic heterocycles. The van der Waals surface area contributed by atoms with E-state index >= 15 is 0 Å². The van der Waals surface area contributed by atoms with Crippen molar-refractivity contribution in [1.82, 2.24) is 15.3 Å². The predicted molar refractivity (Wildman–Crippen MR) is 58.7 cm³/mol. The van der Waals surface area contributed by atoms with Gasteiger partial charge >= 0.3 is 0 Å². The molecule has 2 N–H and O–H groups in total. The van der Waals surface area contributed by atoms with Crippen LogP contribution in [0.5, 0.6) is 0 Å². The molecule has 0 radical (unpaired) electrons. The van der Waals surface area contributed by atoms with E-state index in [-0.39, 0.29) is 5.56 Å². The molecule has 0 saturated carbocycles. The molecular weight excluding hydrogens is 198 g/mol. The summed E-state index contributed by atoms with van der Waals surface area (Å²) >= 11 is 1.56. The Bertz CT molecular complexity index is 339. The van der Waals surface area contributed by atoms with Gasteiger partial charge in [0.1, 0.15) is 0 Å². The number of aromatic amines is 1. The van der Waals surface area contributed by atoms with Crippen LogP contribution in [-0.4, -0.2) is 28.3 Å². The number of rotatable bonds is 4. The molecule has 4 nitrogen and oxygen atoms in total. The van der Waals surface area contributed by atoms with Crippen molar-refractivity contribution in [1.29, 1.82) is 0 Å². The zero-order chi connectivity index (χ0) is 10.6. The lowest BCUT2D eigenvalue weighted by Crippen LogP contribution is -2.30. The first-order valence-electron chi connectivity index (χ1n) is 4.52. The fourth-order valence-corrected chi connectivity index (χ4v) is 1.90. The van der Waals surface area contributed by atoms with Gasteiger partial charge in [-0.2, -0.15) is 0 Å². The van der Waals surface area contributed by atoms with Crippen LogP contribution in [0.15, 0.2) is 22.2 Å². The van der Waals surface area contributed by atoms with E-state index < -0.39 is 0 Å². The zero-order valence-electron chi connectivity index (χ0n) is 8.57. The molecule has 1 rings (SSSR count). The van der Waals surface area contributed by atoms with Crippen LogP contribution in [0.1, 0.15) is 13.8 Å². The minimum Gasteiger partial charge on any atom is -0.316 e. The quantitative estimate of drug-likeness (QED) is 0.575. The molecule has 0 aromatic carbocycles. The van der Waals surface area contributed by atoms with Crippen molar-refractivity contribution >= 4 is 11.8 Å². The molecule has 0 spiro atoms. The molecule has 0 aliphatic carbocycles. The minimum absolute atomic E-state index is 0.105. The van der Waals surface area contributed by atoms with Crippen molar-refractivity contribution in [2.24, 2.45) is 0 Å². The fraction of sp³-hybridized carbons (Fsp3) is 0.556. The van der Waals surface area contributed by atoms with Gasteiger partial charge in [0.05, 0.1) is 0 Å². The van der Waals surface area contributed by atoms with Crippen LogP contribution in [0.25, 0.3) is 0 Å². The molecule has 2 atom stereocenters. The van der Waals surface area contributed by atoms with Crippen LogP contribution in [0.3, 0.4) is 0 Å². The molecule has 2 unspecified atom stereocenters. The first-order chi connectivity index (χ1) is 6.63. The number of hydrogen-bond donors (Lipinski definition) is 2. The van der Waals surface area contributed by atoms with Gasteiger partial charge in [-0.25, -0.2) is 4.98 Å². The Hall–Kier alpha value is -0.810. The highest BCUT2D eigenvalue weighted by Crippen LogP contribution is 2.19. The standard InChI is InChI=1S/C9H15N3OS/c1-6(10-3)7(2)14-9-11-5-4-8(13)12-9/h4-7,10H,1-3H3,(H,11,12,13). The third kappa shape index (κ3) is 3.16. The molecule has 1 aromatic rings. The van der Waals surface area contributed by atoms with Gasteiger partial charge < -0.3 is 10.3 Å². The second kappa shape index (κ2) is 5.17. The number of hydrogen-bond acceptors (Lipinski definition) is 4. The number of aromatic nitrogens is 2. The molecule has 1 aromatic heterocycles. The third-order valence-electron chi connectivity index (χ3n) is 2.10. The zero-order valence-corrected chi connectivity index (χ0v) is 9.39. The van der Waals surface area contributed by atoms with Gasteiger partial charge in [-0.15, -0.1) is 0 Å². The average molecular weight is 213 g/mol. The third-order valence-corrected chi connectivity index (χ3v) is 3.32. The van der Waals surface area contributed by atoms with Gasteiger partial charge in [0.2, 0.25) is 0 Å². The smallest absolute Gasteiger partial charge is 0.251 e. The van der Waals surface area contributed by atoms with Crippen LogP contribution in [0, 0.1) is 0 Å². The Morgan fingerprint density at radius 3 is 2.86 bits per heavy atom. The summed E-state index contributed by atoms with van der Waals surface area (Å²) in [7, 11) is 1.92. The van der Waals surface area contributed by atoms with E-state index in [1.165, 1.54) is 12.3 Å². The molecular formula is C9H15N3OS. The van der Waals surface area contributed by atoms with Crippen molar-refractivity contribution in [3.63, 3.8) is 0 Å². The summed E-state index contributed by atoms with van der Waals surface area (Å²) in [5.74, 6) is 0. The molecule has 0 bridgehead atoms. The maximum absolute atomic E-state index is 11.0. The van der Waals surface area contributed by atoms with Crippen LogP contribution < -0.4 is 10.9 Å². The topological polar surface area (TPSA) is 57.8 Å². The van der Waals surface area contributed by atoms with E-state index in [9.17, 15) is 4.79 Å². The van der Waals surface area contributed by atoms with Crippen LogP contribution in [0.2, 0.25) is 0 Å². The molecule has 5 heteroatoms. The first kappa shape index (κ1) is 11.3. The average Bonchev–Trinajstić information content (AvgIpc) is 2.16. The molecule has 0 saturated heterocycles. The van der Waals surface area contributed by atoms with Gasteiger partial charge in [-0.1, -0.05) is 18.7 Å². The Kier molecular flexibility index (Phi) is 4.16. The molecule has 14 heavy (non-hydrogen) atoms. The summed E-state index contributed by atoms with van der Waals surface area (Å²) < 4.78 is 0. The highest BCUT2D eigenvalue weighted by molar-refractivity contribution is 7.99. The van der Waals surface area contributed by atoms with Gasteiger partial charge in [0.15, 0.2) is 5.16 Å². The van der Waals surface area contributed by atoms with Crippen molar-refractivity contribution in [2.45, 2.75) is 30.3 Å². The maximum Gasteiger partial charge on any atom is 0.251 e. The largest absolute Gasteiger partial charge is 0.316 e. The Labute approximate surface area is 87.5 Å². The fourth-order valence-electron chi connectivity index (χ4n) is 0.925. The number of H-pyrrole nitrogens is 1. The van der Waals surface area contributed by atoms with Gasteiger partial charge in [0.25, 0.3) is 5.56 Å². The maximum atomic E-state index is 11.0. The summed E-state index contributed by atoms with van der Waals surface area (Å²) in [6.07, 6.45) is 1.53. The molecule has 1 heterocycles. The minimum atomic E-state index is -0.105. The highest BCUT2D eigenvalue weighted by atomic mass is 32.2. The first-order valence-corrected chi connectivity index (χ1v) is 5.40. The van der Waals surface area contributed by atoms with Crippen molar-refractivity contribution in [2.75, 3.05) is 7.05 Å². The molecule has 0 aliphatic rings. The summed E-state index contributed by atoms with van der Waals surface area (Å²) in [6, 6.07) is 1.79. The van der Waals surface area contributed by atoms with E-state index in [1.54, 1.807) is 11.8 Å². The van der Waals surface area contributed by atoms with Crippen molar-refractivity contribution in [3.8, 4) is 0 Å². The second-order valence-corrected chi connectivity index (χ2v) is 4.51. The second-order valence-electron chi connectivity index (χ2n) is 3.14. The number of thioether (sulfide) groups is 1. The van der Waals surface area contributed by atoms with Gasteiger partial charge in [0, 0.05) is 23.6 Å². The monoisotopic (exact) mass is 213 g/mol. The van der Waals surface area contributed by atoms with E-state index in [0.717, 1.165) is 0 Å². The van der Waals surface area contributed by atoms with E-state index in [1.807, 2.05) is 7.05 Å². The van der Waals surface area contributed by atoms with Crippen LogP contribution in [0.4, 0.5) is 0 Å². The Morgan fingerprint density at radius 2 is 2.29 bits per heavy atom. The lowest BCUT2D eigenvalue weighted by atomic mass is 10.3. The van der Waals surface area contributed by atoms with Crippen LogP contribution >= 0.6 is 11.8 Å². The molecule has 0 fully saturated rings. The van der Waals surface area contributed by atoms with Gasteiger partial charge in [-0.3, -0.25) is 4.79 Å². The number of nitrogens with one attached hydrogen (secondary N) is 2. The molecule has 0 amide bonds. The summed E-state index contributed by atoms with van der Waals surface area (Å²) in [5, 5.41) is 4.20. The van der Waals surface area contributed by atoms with E-state index in [2.05, 4.69) is 29.1 Å². The predicted octanol–water partition coefficient (Wildman–Crippen LogP) is 0.858. The summed E-state index contributed by atoms with van der Waals surface area (Å²) in [4.78, 5) is 17.7. The lowest BCUT2D eigenvalue weighted by molar-refractivity contribution is 0.604. The summed E-state index contributed by atoms with van der Waals surface area (Å²) in [6.45, 7) is 4.19. The normalized spacial score (nSPS) is 15.1.